The smallest absolute Gasteiger partial charge is 0.234 e. The Hall–Kier alpha value is -1.36. The van der Waals surface area contributed by atoms with Crippen LogP contribution in [-0.4, -0.2) is 18.8 Å². The van der Waals surface area contributed by atoms with Gasteiger partial charge in [0, 0.05) is 21.5 Å². The highest BCUT2D eigenvalue weighted by molar-refractivity contribution is 7.99. The molecule has 116 valence electrons. The van der Waals surface area contributed by atoms with Crippen LogP contribution < -0.4 is 10.1 Å². The Kier molecular flexibility index (Phi) is 6.43. The standard InChI is InChI=1S/C16H15Cl2NO2S/c1-21-15-4-2-11(3-5-15)9-22-10-16(20)19-14-7-12(17)6-13(18)8-14/h2-8H,9-10H2,1H3,(H,19,20). The fraction of sp³-hybridized carbons (Fsp3) is 0.188. The van der Waals surface area contributed by atoms with Gasteiger partial charge in [-0.1, -0.05) is 35.3 Å². The lowest BCUT2D eigenvalue weighted by Crippen LogP contribution is -2.14. The maximum atomic E-state index is 11.9. The SMILES string of the molecule is COc1ccc(CSCC(=O)Nc2cc(Cl)cc(Cl)c2)cc1. The third-order valence-corrected chi connectivity index (χ3v) is 4.25. The number of nitrogens with one attached hydrogen (secondary N) is 1. The van der Waals surface area contributed by atoms with Gasteiger partial charge in [-0.3, -0.25) is 4.79 Å². The number of methoxy groups -OCH3 is 1. The lowest BCUT2D eigenvalue weighted by molar-refractivity contribution is -0.113. The highest BCUT2D eigenvalue weighted by atomic mass is 35.5. The first kappa shape index (κ1) is 17.0. The van der Waals surface area contributed by atoms with Crippen LogP contribution in [0.15, 0.2) is 42.5 Å². The van der Waals surface area contributed by atoms with Gasteiger partial charge in [0.05, 0.1) is 12.9 Å². The number of hydrogen-bond acceptors (Lipinski definition) is 3. The van der Waals surface area contributed by atoms with Crippen molar-refractivity contribution in [1.29, 1.82) is 0 Å². The van der Waals surface area contributed by atoms with Crippen molar-refractivity contribution in [3.8, 4) is 5.75 Å². The zero-order chi connectivity index (χ0) is 15.9. The summed E-state index contributed by atoms with van der Waals surface area (Å²) in [6.07, 6.45) is 0. The normalized spacial score (nSPS) is 10.3. The molecule has 2 aromatic rings. The van der Waals surface area contributed by atoms with E-state index < -0.39 is 0 Å². The van der Waals surface area contributed by atoms with Gasteiger partial charge in [-0.15, -0.1) is 11.8 Å². The largest absolute Gasteiger partial charge is 0.497 e. The average molecular weight is 356 g/mol. The molecule has 0 aliphatic heterocycles. The van der Waals surface area contributed by atoms with Crippen molar-refractivity contribution in [2.24, 2.45) is 0 Å². The van der Waals surface area contributed by atoms with Crippen LogP contribution in [0.1, 0.15) is 5.56 Å². The molecule has 22 heavy (non-hydrogen) atoms. The fourth-order valence-corrected chi connectivity index (χ4v) is 3.12. The fourth-order valence-electron chi connectivity index (χ4n) is 1.81. The quantitative estimate of drug-likeness (QED) is 0.802. The number of amides is 1. The van der Waals surface area contributed by atoms with E-state index in [0.717, 1.165) is 17.1 Å². The van der Waals surface area contributed by atoms with E-state index in [1.807, 2.05) is 24.3 Å². The third-order valence-electron chi connectivity index (χ3n) is 2.81. The zero-order valence-corrected chi connectivity index (χ0v) is 14.3. The minimum atomic E-state index is -0.0863. The predicted octanol–water partition coefficient (Wildman–Crippen LogP) is 4.87. The van der Waals surface area contributed by atoms with Crippen LogP contribution >= 0.6 is 35.0 Å². The molecule has 2 aromatic carbocycles. The molecule has 0 aromatic heterocycles. The second-order valence-corrected chi connectivity index (χ2v) is 6.41. The molecule has 0 unspecified atom stereocenters. The number of ether oxygens (including phenoxy) is 1. The van der Waals surface area contributed by atoms with Crippen LogP contribution in [0.25, 0.3) is 0 Å². The second-order valence-electron chi connectivity index (χ2n) is 4.55. The summed E-state index contributed by atoms with van der Waals surface area (Å²) in [5.41, 5.74) is 1.75. The highest BCUT2D eigenvalue weighted by Crippen LogP contribution is 2.23. The summed E-state index contributed by atoms with van der Waals surface area (Å²) >= 11 is 13.3. The van der Waals surface area contributed by atoms with E-state index in [1.54, 1.807) is 25.3 Å². The van der Waals surface area contributed by atoms with Gasteiger partial charge in [0.1, 0.15) is 5.75 Å². The number of anilines is 1. The number of carbonyl (C=O) groups is 1. The van der Waals surface area contributed by atoms with E-state index in [0.29, 0.717) is 21.5 Å². The number of hydrogen-bond donors (Lipinski definition) is 1. The van der Waals surface area contributed by atoms with Crippen molar-refractivity contribution in [3.05, 3.63) is 58.1 Å². The molecular weight excluding hydrogens is 341 g/mol. The lowest BCUT2D eigenvalue weighted by atomic mass is 10.2. The Bertz CT molecular complexity index is 627. The summed E-state index contributed by atoms with van der Waals surface area (Å²) in [5.74, 6) is 1.85. The molecule has 0 radical (unpaired) electrons. The van der Waals surface area contributed by atoms with E-state index >= 15 is 0 Å². The Morgan fingerprint density at radius 3 is 2.36 bits per heavy atom. The Balaban J connectivity index is 1.79. The van der Waals surface area contributed by atoms with Gasteiger partial charge in [0.25, 0.3) is 0 Å². The minimum absolute atomic E-state index is 0.0863. The number of rotatable bonds is 6. The van der Waals surface area contributed by atoms with Gasteiger partial charge in [-0.2, -0.15) is 0 Å². The maximum Gasteiger partial charge on any atom is 0.234 e. The van der Waals surface area contributed by atoms with Crippen molar-refractivity contribution < 1.29 is 9.53 Å². The average Bonchev–Trinajstić information content (AvgIpc) is 2.47. The Labute approximate surface area is 144 Å². The lowest BCUT2D eigenvalue weighted by Gasteiger charge is -2.07. The van der Waals surface area contributed by atoms with Crippen LogP contribution in [0, 0.1) is 0 Å². The first-order valence-electron chi connectivity index (χ1n) is 6.53. The van der Waals surface area contributed by atoms with Crippen LogP contribution in [0.3, 0.4) is 0 Å². The number of halogens is 2. The van der Waals surface area contributed by atoms with E-state index in [4.69, 9.17) is 27.9 Å². The predicted molar refractivity (Wildman–Crippen MR) is 94.2 cm³/mol. The summed E-state index contributed by atoms with van der Waals surface area (Å²) in [5, 5.41) is 3.77. The molecule has 1 amide bonds. The van der Waals surface area contributed by atoms with Crippen LogP contribution in [0.5, 0.6) is 5.75 Å². The molecule has 1 N–H and O–H groups in total. The van der Waals surface area contributed by atoms with E-state index in [2.05, 4.69) is 5.32 Å². The van der Waals surface area contributed by atoms with Gasteiger partial charge in [0.15, 0.2) is 0 Å². The molecule has 0 bridgehead atoms. The summed E-state index contributed by atoms with van der Waals surface area (Å²) in [4.78, 5) is 11.9. The number of carbonyl (C=O) groups excluding carboxylic acids is 1. The number of thioether (sulfide) groups is 1. The summed E-state index contributed by atoms with van der Waals surface area (Å²) in [6, 6.07) is 12.7. The summed E-state index contributed by atoms with van der Waals surface area (Å²) in [6.45, 7) is 0. The molecule has 3 nitrogen and oxygen atoms in total. The molecule has 0 fully saturated rings. The first-order chi connectivity index (χ1) is 10.6. The molecule has 2 rings (SSSR count). The monoisotopic (exact) mass is 355 g/mol. The molecule has 0 heterocycles. The van der Waals surface area contributed by atoms with Gasteiger partial charge < -0.3 is 10.1 Å². The highest BCUT2D eigenvalue weighted by Gasteiger charge is 2.05. The topological polar surface area (TPSA) is 38.3 Å². The first-order valence-corrected chi connectivity index (χ1v) is 8.44. The number of benzene rings is 2. The molecule has 6 heteroatoms. The molecule has 0 aliphatic carbocycles. The maximum absolute atomic E-state index is 11.9. The van der Waals surface area contributed by atoms with Crippen molar-refractivity contribution in [2.45, 2.75) is 5.75 Å². The Morgan fingerprint density at radius 1 is 1.14 bits per heavy atom. The van der Waals surface area contributed by atoms with Crippen molar-refractivity contribution >= 4 is 46.6 Å². The van der Waals surface area contributed by atoms with Gasteiger partial charge in [-0.05, 0) is 35.9 Å². The third kappa shape index (κ3) is 5.44. The van der Waals surface area contributed by atoms with Crippen molar-refractivity contribution in [3.63, 3.8) is 0 Å². The molecular formula is C16H15Cl2NO2S. The van der Waals surface area contributed by atoms with Crippen LogP contribution in [0.2, 0.25) is 10.0 Å². The van der Waals surface area contributed by atoms with E-state index in [-0.39, 0.29) is 5.91 Å². The molecule has 0 saturated carbocycles. The van der Waals surface area contributed by atoms with E-state index in [9.17, 15) is 4.79 Å². The van der Waals surface area contributed by atoms with Crippen LogP contribution in [-0.2, 0) is 10.5 Å². The molecule has 0 saturated heterocycles. The molecule has 0 aliphatic rings. The summed E-state index contributed by atoms with van der Waals surface area (Å²) in [7, 11) is 1.64. The van der Waals surface area contributed by atoms with Crippen molar-refractivity contribution in [2.75, 3.05) is 18.2 Å². The second kappa shape index (κ2) is 8.32. The molecule has 0 atom stereocenters. The minimum Gasteiger partial charge on any atom is -0.497 e. The zero-order valence-electron chi connectivity index (χ0n) is 11.9. The van der Waals surface area contributed by atoms with E-state index in [1.165, 1.54) is 11.8 Å². The van der Waals surface area contributed by atoms with Crippen molar-refractivity contribution in [1.82, 2.24) is 0 Å². The van der Waals surface area contributed by atoms with Crippen LogP contribution in [0.4, 0.5) is 5.69 Å². The Morgan fingerprint density at radius 2 is 1.77 bits per heavy atom. The van der Waals surface area contributed by atoms with Gasteiger partial charge in [-0.25, -0.2) is 0 Å². The van der Waals surface area contributed by atoms with Gasteiger partial charge in [0.2, 0.25) is 5.91 Å². The summed E-state index contributed by atoms with van der Waals surface area (Å²) < 4.78 is 5.11. The van der Waals surface area contributed by atoms with Gasteiger partial charge >= 0.3 is 0 Å². The molecule has 0 spiro atoms.